The lowest BCUT2D eigenvalue weighted by atomic mass is 9.86. The highest BCUT2D eigenvalue weighted by molar-refractivity contribution is 5.89. The van der Waals surface area contributed by atoms with Crippen LogP contribution in [0.3, 0.4) is 0 Å². The summed E-state index contributed by atoms with van der Waals surface area (Å²) in [7, 11) is 0. The van der Waals surface area contributed by atoms with Crippen LogP contribution in [-0.4, -0.2) is 51.6 Å². The van der Waals surface area contributed by atoms with Crippen molar-refractivity contribution < 1.29 is 4.74 Å². The largest absolute Gasteiger partial charge is 0.459 e. The predicted molar refractivity (Wildman–Crippen MR) is 99.2 cm³/mol. The Hall–Kier alpha value is -2.98. The van der Waals surface area contributed by atoms with Crippen LogP contribution in [0.2, 0.25) is 0 Å². The smallest absolute Gasteiger partial charge is 0.304 e. The third-order valence-electron chi connectivity index (χ3n) is 4.88. The number of terminal acetylenes is 1. The van der Waals surface area contributed by atoms with E-state index in [1.165, 1.54) is 6.33 Å². The van der Waals surface area contributed by atoms with Crippen molar-refractivity contribution in [2.24, 2.45) is 10.9 Å². The van der Waals surface area contributed by atoms with E-state index < -0.39 is 0 Å². The number of anilines is 1. The second-order valence-electron chi connectivity index (χ2n) is 6.50. The lowest BCUT2D eigenvalue weighted by Crippen LogP contribution is -2.52. The molecular weight excluding hydrogens is 328 g/mol. The molecule has 3 saturated heterocycles. The minimum atomic E-state index is 0.108. The number of piperidine rings is 3. The van der Waals surface area contributed by atoms with E-state index in [1.54, 1.807) is 12.4 Å². The van der Waals surface area contributed by atoms with E-state index in [0.29, 0.717) is 17.8 Å². The summed E-state index contributed by atoms with van der Waals surface area (Å²) in [5, 5.41) is 3.09. The monoisotopic (exact) mass is 348 g/mol. The van der Waals surface area contributed by atoms with Crippen molar-refractivity contribution in [2.45, 2.75) is 18.9 Å². The molecule has 5 rings (SSSR count). The molecule has 0 aliphatic carbocycles. The molecule has 2 bridgehead atoms. The van der Waals surface area contributed by atoms with Crippen molar-refractivity contribution in [3.8, 4) is 23.7 Å². The van der Waals surface area contributed by atoms with Gasteiger partial charge >= 0.3 is 6.02 Å². The van der Waals surface area contributed by atoms with Crippen LogP contribution in [0.15, 0.2) is 41.9 Å². The molecule has 0 amide bonds. The minimum absolute atomic E-state index is 0.108. The van der Waals surface area contributed by atoms with Crippen LogP contribution in [0.4, 0.5) is 5.82 Å². The van der Waals surface area contributed by atoms with Crippen molar-refractivity contribution in [3.63, 3.8) is 0 Å². The molecule has 0 saturated carbocycles. The van der Waals surface area contributed by atoms with E-state index >= 15 is 0 Å². The van der Waals surface area contributed by atoms with Crippen LogP contribution < -0.4 is 5.32 Å². The molecule has 2 aromatic heterocycles. The van der Waals surface area contributed by atoms with Gasteiger partial charge in [-0.2, -0.15) is 0 Å². The fourth-order valence-corrected chi connectivity index (χ4v) is 3.54. The summed E-state index contributed by atoms with van der Waals surface area (Å²) in [6.45, 7) is 3.22. The first-order valence-electron chi connectivity index (χ1n) is 8.73. The molecule has 3 aliphatic rings. The Bertz CT molecular complexity index is 823. The quantitative estimate of drug-likeness (QED) is 0.519. The Morgan fingerprint density at radius 2 is 2.23 bits per heavy atom. The first-order chi connectivity index (χ1) is 12.8. The molecule has 7 nitrogen and oxygen atoms in total. The molecule has 3 fully saturated rings. The van der Waals surface area contributed by atoms with Gasteiger partial charge in [-0.3, -0.25) is 15.2 Å². The number of fused-ring (bicyclic) bond motifs is 3. The maximum Gasteiger partial charge on any atom is 0.304 e. The second-order valence-corrected chi connectivity index (χ2v) is 6.50. The van der Waals surface area contributed by atoms with E-state index in [1.807, 2.05) is 18.2 Å². The average molecular weight is 348 g/mol. The molecule has 0 radical (unpaired) electrons. The van der Waals surface area contributed by atoms with Gasteiger partial charge in [-0.25, -0.2) is 9.97 Å². The lowest BCUT2D eigenvalue weighted by Gasteiger charge is -2.44. The summed E-state index contributed by atoms with van der Waals surface area (Å²) in [4.78, 5) is 19.1. The molecule has 132 valence electrons. The first-order valence-corrected chi connectivity index (χ1v) is 8.73. The van der Waals surface area contributed by atoms with Gasteiger partial charge < -0.3 is 4.74 Å². The van der Waals surface area contributed by atoms with Crippen LogP contribution in [0.1, 0.15) is 12.8 Å². The molecular formula is C19H20N6O. The molecule has 0 unspecified atom stereocenters. The van der Waals surface area contributed by atoms with E-state index in [9.17, 15) is 0 Å². The number of hydrogen-bond acceptors (Lipinski definition) is 6. The average Bonchev–Trinajstić information content (AvgIpc) is 2.70. The normalized spacial score (nSPS) is 24.7. The number of aliphatic imine (C=N–C) groups is 1. The number of ether oxygens (including phenoxy) is 1. The number of hydrogen-bond donors (Lipinski definition) is 1. The van der Waals surface area contributed by atoms with E-state index in [2.05, 4.69) is 36.2 Å². The number of nitrogens with zero attached hydrogens (tertiary/aromatic N) is 5. The molecule has 26 heavy (non-hydrogen) atoms. The van der Waals surface area contributed by atoms with E-state index in [-0.39, 0.29) is 6.10 Å². The number of aromatic nitrogens is 3. The van der Waals surface area contributed by atoms with Gasteiger partial charge in [-0.15, -0.1) is 4.99 Å². The zero-order chi connectivity index (χ0) is 17.8. The van der Waals surface area contributed by atoms with E-state index in [0.717, 1.165) is 43.7 Å². The Kier molecular flexibility index (Phi) is 4.75. The Balaban J connectivity index is 1.49. The molecule has 0 spiro atoms. The van der Waals surface area contributed by atoms with E-state index in [4.69, 9.17) is 11.2 Å². The van der Waals surface area contributed by atoms with Crippen molar-refractivity contribution >= 4 is 11.8 Å². The maximum absolute atomic E-state index is 6.10. The van der Waals surface area contributed by atoms with Gasteiger partial charge in [0.15, 0.2) is 0 Å². The molecule has 3 aliphatic heterocycles. The first kappa shape index (κ1) is 16.5. The number of nitrogens with one attached hydrogen (secondary N) is 1. The highest BCUT2D eigenvalue weighted by atomic mass is 16.5. The third-order valence-corrected chi connectivity index (χ3v) is 4.88. The summed E-state index contributed by atoms with van der Waals surface area (Å²) in [6.07, 6.45) is 12.8. The second kappa shape index (κ2) is 7.50. The maximum atomic E-state index is 6.10. The molecule has 0 aromatic carbocycles. The zero-order valence-electron chi connectivity index (χ0n) is 14.4. The van der Waals surface area contributed by atoms with Gasteiger partial charge in [0.05, 0.1) is 5.69 Å². The summed E-state index contributed by atoms with van der Waals surface area (Å²) in [5.74, 6) is 1.13. The summed E-state index contributed by atoms with van der Waals surface area (Å²) in [6, 6.07) is 8.24. The Morgan fingerprint density at radius 1 is 1.35 bits per heavy atom. The molecule has 5 heterocycles. The highest BCUT2D eigenvalue weighted by Gasteiger charge is 2.36. The van der Waals surface area contributed by atoms with Gasteiger partial charge in [-0.05, 0) is 44.0 Å². The van der Waals surface area contributed by atoms with Crippen molar-refractivity contribution in [3.05, 3.63) is 36.9 Å². The SMILES string of the molecule is C#CN=C(Nc1cc(-c2cccnc2)ncn1)O[C@H]1CN2CCC1CC2. The standard InChI is InChI=1S/C19H20N6O/c1-2-21-19(26-17-12-25-8-5-14(17)6-9-25)24-18-10-16(22-13-23-18)15-4-3-7-20-11-15/h1,3-4,7,10-11,13-14,17H,5-6,8-9,12H2,(H,21,22,23,24)/t17-/m0/s1. The number of amidine groups is 1. The zero-order valence-corrected chi connectivity index (χ0v) is 14.4. The third kappa shape index (κ3) is 3.65. The van der Waals surface area contributed by atoms with Crippen LogP contribution in [-0.2, 0) is 4.74 Å². The predicted octanol–water partition coefficient (Wildman–Crippen LogP) is 2.01. The lowest BCUT2D eigenvalue weighted by molar-refractivity contribution is -0.0145. The summed E-state index contributed by atoms with van der Waals surface area (Å²) in [5.41, 5.74) is 1.67. The van der Waals surface area contributed by atoms with Gasteiger partial charge in [0, 0.05) is 36.6 Å². The van der Waals surface area contributed by atoms with Crippen molar-refractivity contribution in [1.29, 1.82) is 0 Å². The molecule has 1 atom stereocenters. The summed E-state index contributed by atoms with van der Waals surface area (Å²) < 4.78 is 6.10. The van der Waals surface area contributed by atoms with Crippen LogP contribution >= 0.6 is 0 Å². The fourth-order valence-electron chi connectivity index (χ4n) is 3.54. The van der Waals surface area contributed by atoms with Crippen LogP contribution in [0.25, 0.3) is 11.3 Å². The Labute approximate surface area is 152 Å². The van der Waals surface area contributed by atoms with Gasteiger partial charge in [0.1, 0.15) is 18.2 Å². The topological polar surface area (TPSA) is 75.5 Å². The van der Waals surface area contributed by atoms with Crippen LogP contribution in [0, 0.1) is 18.4 Å². The fraction of sp³-hybridized carbons (Fsp3) is 0.368. The minimum Gasteiger partial charge on any atom is -0.459 e. The molecule has 7 heteroatoms. The Morgan fingerprint density at radius 3 is 2.92 bits per heavy atom. The van der Waals surface area contributed by atoms with Gasteiger partial charge in [0.25, 0.3) is 0 Å². The van der Waals surface area contributed by atoms with Crippen molar-refractivity contribution in [1.82, 2.24) is 19.9 Å². The molecule has 1 N–H and O–H groups in total. The van der Waals surface area contributed by atoms with Gasteiger partial charge in [0.2, 0.25) is 0 Å². The number of rotatable bonds is 3. The highest BCUT2D eigenvalue weighted by Crippen LogP contribution is 2.29. The molecule has 2 aromatic rings. The van der Waals surface area contributed by atoms with Gasteiger partial charge in [-0.1, -0.05) is 6.42 Å². The van der Waals surface area contributed by atoms with Crippen LogP contribution in [0.5, 0.6) is 0 Å². The number of pyridine rings is 1. The van der Waals surface area contributed by atoms with Crippen molar-refractivity contribution in [2.75, 3.05) is 25.0 Å². The summed E-state index contributed by atoms with van der Waals surface area (Å²) >= 11 is 0.